The smallest absolute Gasteiger partial charge is 0.320 e. The van der Waals surface area contributed by atoms with E-state index in [1.165, 1.54) is 6.42 Å². The van der Waals surface area contributed by atoms with Gasteiger partial charge in [0, 0.05) is 5.69 Å². The molecule has 1 aliphatic rings. The number of hydrogen-bond acceptors (Lipinski definition) is 4. The van der Waals surface area contributed by atoms with Crippen LogP contribution >= 0.6 is 0 Å². The molecule has 0 spiro atoms. The van der Waals surface area contributed by atoms with Crippen molar-refractivity contribution in [1.29, 1.82) is 0 Å². The zero-order valence-electron chi connectivity index (χ0n) is 16.4. The Kier molecular flexibility index (Phi) is 7.60. The fourth-order valence-electron chi connectivity index (χ4n) is 3.47. The maximum Gasteiger partial charge on any atom is 0.325 e. The summed E-state index contributed by atoms with van der Waals surface area (Å²) in [5.74, 6) is 0.475. The maximum atomic E-state index is 12.4. The number of rotatable bonds is 6. The number of benzene rings is 1. The quantitative estimate of drug-likeness (QED) is 0.729. The molecule has 1 aromatic rings. The lowest BCUT2D eigenvalue weighted by atomic mass is 9.93. The summed E-state index contributed by atoms with van der Waals surface area (Å²) >= 11 is 0. The molecule has 3 N–H and O–H groups in total. The molecule has 1 unspecified atom stereocenters. The van der Waals surface area contributed by atoms with Gasteiger partial charge in [-0.15, -0.1) is 0 Å². The molecule has 0 saturated carbocycles. The summed E-state index contributed by atoms with van der Waals surface area (Å²) in [5.41, 5.74) is 2.83. The minimum absolute atomic E-state index is 0.249. The number of nitrogens with zero attached hydrogens (tertiary/aromatic N) is 1. The van der Waals surface area contributed by atoms with Crippen LogP contribution in [0.15, 0.2) is 18.2 Å². The second-order valence-corrected chi connectivity index (χ2v) is 7.31. The Bertz CT molecular complexity index is 624. The SMILES string of the molecule is CNCCC1CCN(C(C)C(=O)NC(=O)Nc2ccc(C)cc2C)CC1. The van der Waals surface area contributed by atoms with E-state index in [-0.39, 0.29) is 11.9 Å². The van der Waals surface area contributed by atoms with Gasteiger partial charge >= 0.3 is 6.03 Å². The molecular formula is C20H32N4O2. The number of aryl methyl sites for hydroxylation is 2. The van der Waals surface area contributed by atoms with Crippen LogP contribution in [0.5, 0.6) is 0 Å². The monoisotopic (exact) mass is 360 g/mol. The second kappa shape index (κ2) is 9.69. The number of likely N-dealkylation sites (tertiary alicyclic amines) is 1. The van der Waals surface area contributed by atoms with E-state index < -0.39 is 6.03 Å². The standard InChI is InChI=1S/C20H32N4O2/c1-14-5-6-18(15(2)13-14)22-20(26)23-19(25)16(3)24-11-8-17(9-12-24)7-10-21-4/h5-6,13,16-17,21H,7-12H2,1-4H3,(H2,22,23,25,26). The fourth-order valence-corrected chi connectivity index (χ4v) is 3.47. The highest BCUT2D eigenvalue weighted by Crippen LogP contribution is 2.21. The number of anilines is 1. The van der Waals surface area contributed by atoms with Crippen molar-refractivity contribution >= 4 is 17.6 Å². The predicted octanol–water partition coefficient (Wildman–Crippen LogP) is 2.66. The van der Waals surface area contributed by atoms with Gasteiger partial charge < -0.3 is 10.6 Å². The Morgan fingerprint density at radius 2 is 1.92 bits per heavy atom. The van der Waals surface area contributed by atoms with E-state index in [2.05, 4.69) is 20.9 Å². The summed E-state index contributed by atoms with van der Waals surface area (Å²) in [6, 6.07) is 5.01. The van der Waals surface area contributed by atoms with Gasteiger partial charge in [0.2, 0.25) is 5.91 Å². The first-order valence-corrected chi connectivity index (χ1v) is 9.48. The van der Waals surface area contributed by atoms with Crippen molar-refractivity contribution < 1.29 is 9.59 Å². The van der Waals surface area contributed by atoms with Gasteiger partial charge in [0.15, 0.2) is 0 Å². The van der Waals surface area contributed by atoms with E-state index in [1.54, 1.807) is 0 Å². The topological polar surface area (TPSA) is 73.5 Å². The summed E-state index contributed by atoms with van der Waals surface area (Å²) in [6.45, 7) is 8.66. The lowest BCUT2D eigenvalue weighted by Gasteiger charge is -2.35. The third kappa shape index (κ3) is 5.81. The molecule has 6 heteroatoms. The molecule has 1 aliphatic heterocycles. The Labute approximate surface area is 156 Å². The molecule has 6 nitrogen and oxygen atoms in total. The van der Waals surface area contributed by atoms with Gasteiger partial charge in [-0.1, -0.05) is 17.7 Å². The summed E-state index contributed by atoms with van der Waals surface area (Å²) in [4.78, 5) is 26.7. The van der Waals surface area contributed by atoms with Gasteiger partial charge in [-0.2, -0.15) is 0 Å². The summed E-state index contributed by atoms with van der Waals surface area (Å²) in [6.07, 6.45) is 3.39. The summed E-state index contributed by atoms with van der Waals surface area (Å²) in [7, 11) is 1.98. The summed E-state index contributed by atoms with van der Waals surface area (Å²) in [5, 5.41) is 8.43. The number of piperidine rings is 1. The van der Waals surface area contributed by atoms with E-state index >= 15 is 0 Å². The van der Waals surface area contributed by atoms with Crippen LogP contribution in [0, 0.1) is 19.8 Å². The molecule has 144 valence electrons. The highest BCUT2D eigenvalue weighted by atomic mass is 16.2. The average Bonchev–Trinajstić information content (AvgIpc) is 2.62. The molecule has 0 bridgehead atoms. The molecule has 0 radical (unpaired) electrons. The predicted molar refractivity (Wildman–Crippen MR) is 105 cm³/mol. The highest BCUT2D eigenvalue weighted by molar-refractivity contribution is 6.03. The van der Waals surface area contributed by atoms with E-state index in [9.17, 15) is 9.59 Å². The molecule has 0 aliphatic carbocycles. The van der Waals surface area contributed by atoms with Crippen molar-refractivity contribution in [3.05, 3.63) is 29.3 Å². The Morgan fingerprint density at radius 1 is 1.23 bits per heavy atom. The van der Waals surface area contributed by atoms with E-state index in [0.29, 0.717) is 0 Å². The van der Waals surface area contributed by atoms with Gasteiger partial charge in [0.1, 0.15) is 0 Å². The molecule has 1 atom stereocenters. The maximum absolute atomic E-state index is 12.4. The lowest BCUT2D eigenvalue weighted by Crippen LogP contribution is -2.50. The van der Waals surface area contributed by atoms with Crippen LogP contribution in [0.3, 0.4) is 0 Å². The molecule has 1 saturated heterocycles. The molecular weight excluding hydrogens is 328 g/mol. The van der Waals surface area contributed by atoms with Crippen molar-refractivity contribution in [3.63, 3.8) is 0 Å². The number of hydrogen-bond donors (Lipinski definition) is 3. The van der Waals surface area contributed by atoms with E-state index in [4.69, 9.17) is 0 Å². The van der Waals surface area contributed by atoms with Crippen LogP contribution in [0.1, 0.15) is 37.3 Å². The third-order valence-corrected chi connectivity index (χ3v) is 5.25. The van der Waals surface area contributed by atoms with Crippen molar-refractivity contribution in [2.24, 2.45) is 5.92 Å². The Morgan fingerprint density at radius 3 is 2.54 bits per heavy atom. The molecule has 3 amide bonds. The van der Waals surface area contributed by atoms with E-state index in [0.717, 1.165) is 55.2 Å². The normalized spacial score (nSPS) is 16.9. The largest absolute Gasteiger partial charge is 0.325 e. The minimum atomic E-state index is -0.474. The summed E-state index contributed by atoms with van der Waals surface area (Å²) < 4.78 is 0. The average molecular weight is 361 g/mol. The first-order valence-electron chi connectivity index (χ1n) is 9.48. The first-order chi connectivity index (χ1) is 12.4. The van der Waals surface area contributed by atoms with Crippen molar-refractivity contribution in [2.45, 2.75) is 46.1 Å². The zero-order valence-corrected chi connectivity index (χ0v) is 16.4. The number of amides is 3. The molecule has 2 rings (SSSR count). The van der Waals surface area contributed by atoms with Gasteiger partial charge in [-0.05, 0) is 84.3 Å². The number of nitrogens with one attached hydrogen (secondary N) is 3. The van der Waals surface area contributed by atoms with Gasteiger partial charge in [0.05, 0.1) is 6.04 Å². The van der Waals surface area contributed by atoms with Gasteiger partial charge in [-0.25, -0.2) is 4.79 Å². The second-order valence-electron chi connectivity index (χ2n) is 7.31. The molecule has 1 aromatic carbocycles. The molecule has 0 aromatic heterocycles. The fraction of sp³-hybridized carbons (Fsp3) is 0.600. The van der Waals surface area contributed by atoms with Crippen LogP contribution < -0.4 is 16.0 Å². The first kappa shape index (κ1) is 20.4. The van der Waals surface area contributed by atoms with Gasteiger partial charge in [0.25, 0.3) is 0 Å². The Balaban J connectivity index is 1.80. The lowest BCUT2D eigenvalue weighted by molar-refractivity contribution is -0.125. The van der Waals surface area contributed by atoms with Crippen LogP contribution in [-0.4, -0.2) is 49.6 Å². The van der Waals surface area contributed by atoms with E-state index in [1.807, 2.05) is 46.0 Å². The number of carbonyl (C=O) groups is 2. The van der Waals surface area contributed by atoms with Crippen molar-refractivity contribution in [1.82, 2.24) is 15.5 Å². The van der Waals surface area contributed by atoms with Gasteiger partial charge in [-0.3, -0.25) is 15.0 Å². The number of carbonyl (C=O) groups excluding carboxylic acids is 2. The Hall–Kier alpha value is -1.92. The molecule has 1 fully saturated rings. The molecule has 26 heavy (non-hydrogen) atoms. The molecule has 1 heterocycles. The van der Waals surface area contributed by atoms with Crippen molar-refractivity contribution in [2.75, 3.05) is 32.0 Å². The highest BCUT2D eigenvalue weighted by Gasteiger charge is 2.27. The number of imide groups is 1. The van der Waals surface area contributed by atoms with Crippen LogP contribution in [0.25, 0.3) is 0 Å². The van der Waals surface area contributed by atoms with Crippen LogP contribution in [0.4, 0.5) is 10.5 Å². The zero-order chi connectivity index (χ0) is 19.1. The number of urea groups is 1. The van der Waals surface area contributed by atoms with Crippen molar-refractivity contribution in [3.8, 4) is 0 Å². The minimum Gasteiger partial charge on any atom is -0.320 e. The third-order valence-electron chi connectivity index (χ3n) is 5.25. The van der Waals surface area contributed by atoms with Crippen LogP contribution in [0.2, 0.25) is 0 Å². The van der Waals surface area contributed by atoms with Crippen LogP contribution in [-0.2, 0) is 4.79 Å².